The number of carbonyl (C=O) groups excluding carboxylic acids is 1. The molecule has 130 valence electrons. The normalized spacial score (nSPS) is 10.8. The number of nitrogens with one attached hydrogen (secondary N) is 1. The monoisotopic (exact) mass is 339 g/mol. The number of rotatable bonds is 6. The van der Waals surface area contributed by atoms with Gasteiger partial charge in [-0.2, -0.15) is 10.1 Å². The van der Waals surface area contributed by atoms with Crippen molar-refractivity contribution in [3.05, 3.63) is 53.2 Å². The minimum absolute atomic E-state index is 0.0134. The van der Waals surface area contributed by atoms with Crippen molar-refractivity contribution in [2.75, 3.05) is 7.05 Å². The van der Waals surface area contributed by atoms with Gasteiger partial charge in [0, 0.05) is 31.1 Å². The Morgan fingerprint density at radius 1 is 1.24 bits per heavy atom. The number of benzene rings is 1. The van der Waals surface area contributed by atoms with Gasteiger partial charge >= 0.3 is 0 Å². The Morgan fingerprint density at radius 2 is 2.00 bits per heavy atom. The van der Waals surface area contributed by atoms with Gasteiger partial charge in [0.1, 0.15) is 0 Å². The summed E-state index contributed by atoms with van der Waals surface area (Å²) < 4.78 is 5.25. The molecule has 1 amide bonds. The summed E-state index contributed by atoms with van der Waals surface area (Å²) in [4.78, 5) is 18.3. The molecule has 0 saturated carbocycles. The number of aromatic nitrogens is 4. The number of amides is 1. The van der Waals surface area contributed by atoms with Crippen molar-refractivity contribution >= 4 is 5.91 Å². The molecule has 2 heterocycles. The van der Waals surface area contributed by atoms with Crippen molar-refractivity contribution in [3.8, 4) is 11.4 Å². The summed E-state index contributed by atoms with van der Waals surface area (Å²) in [5.74, 6) is 0.958. The fourth-order valence-electron chi connectivity index (χ4n) is 2.51. The molecule has 1 N–H and O–H groups in total. The van der Waals surface area contributed by atoms with E-state index in [1.807, 2.05) is 44.2 Å². The van der Waals surface area contributed by atoms with Crippen LogP contribution in [0.3, 0.4) is 0 Å². The number of carbonyl (C=O) groups is 1. The average Bonchev–Trinajstić information content (AvgIpc) is 3.21. The van der Waals surface area contributed by atoms with E-state index in [9.17, 15) is 4.79 Å². The molecule has 3 rings (SSSR count). The maximum atomic E-state index is 12.3. The van der Waals surface area contributed by atoms with Gasteiger partial charge in [0.25, 0.3) is 0 Å². The number of nitrogens with zero attached hydrogens (tertiary/aromatic N) is 4. The summed E-state index contributed by atoms with van der Waals surface area (Å²) in [7, 11) is 1.73. The van der Waals surface area contributed by atoms with E-state index in [1.54, 1.807) is 11.9 Å². The van der Waals surface area contributed by atoms with E-state index >= 15 is 0 Å². The van der Waals surface area contributed by atoms with Crippen LogP contribution < -0.4 is 0 Å². The van der Waals surface area contributed by atoms with Crippen molar-refractivity contribution in [3.63, 3.8) is 0 Å². The first kappa shape index (κ1) is 16.9. The van der Waals surface area contributed by atoms with Gasteiger partial charge in [0.2, 0.25) is 17.6 Å². The van der Waals surface area contributed by atoms with Crippen LogP contribution in [-0.4, -0.2) is 38.2 Å². The molecule has 7 heteroatoms. The fourth-order valence-corrected chi connectivity index (χ4v) is 2.51. The van der Waals surface area contributed by atoms with Crippen molar-refractivity contribution < 1.29 is 9.32 Å². The van der Waals surface area contributed by atoms with Crippen LogP contribution in [0.15, 0.2) is 34.9 Å². The SMILES string of the molecule is Cc1[nH]nc(CCC(=O)N(C)Cc2nc(-c3ccccc3)no2)c1C. The van der Waals surface area contributed by atoms with Crippen LogP contribution in [0.25, 0.3) is 11.4 Å². The van der Waals surface area contributed by atoms with E-state index in [2.05, 4.69) is 20.3 Å². The van der Waals surface area contributed by atoms with Crippen molar-refractivity contribution in [1.82, 2.24) is 25.2 Å². The van der Waals surface area contributed by atoms with E-state index in [0.717, 1.165) is 22.5 Å². The zero-order valence-corrected chi connectivity index (χ0v) is 14.6. The summed E-state index contributed by atoms with van der Waals surface area (Å²) >= 11 is 0. The van der Waals surface area contributed by atoms with Crippen molar-refractivity contribution in [2.45, 2.75) is 33.2 Å². The lowest BCUT2D eigenvalue weighted by Crippen LogP contribution is -2.26. The molecule has 0 aliphatic heterocycles. The molecule has 0 aliphatic rings. The Kier molecular flexibility index (Phi) is 4.92. The maximum absolute atomic E-state index is 12.3. The Hall–Kier alpha value is -2.96. The van der Waals surface area contributed by atoms with Crippen LogP contribution in [0.2, 0.25) is 0 Å². The second kappa shape index (κ2) is 7.29. The molecule has 1 aromatic carbocycles. The standard InChI is InChI=1S/C18H21N5O2/c1-12-13(2)20-21-15(12)9-10-17(24)23(3)11-16-19-18(22-25-16)14-7-5-4-6-8-14/h4-8H,9-11H2,1-3H3,(H,20,21). The first-order valence-corrected chi connectivity index (χ1v) is 8.17. The maximum Gasteiger partial charge on any atom is 0.246 e. The molecule has 25 heavy (non-hydrogen) atoms. The molecule has 0 atom stereocenters. The highest BCUT2D eigenvalue weighted by Crippen LogP contribution is 2.16. The number of hydrogen-bond acceptors (Lipinski definition) is 5. The van der Waals surface area contributed by atoms with Gasteiger partial charge < -0.3 is 9.42 Å². The van der Waals surface area contributed by atoms with Crippen LogP contribution in [0.1, 0.15) is 29.3 Å². The Balaban J connectivity index is 1.56. The molecule has 0 bridgehead atoms. The number of H-pyrrole nitrogens is 1. The molecule has 0 spiro atoms. The highest BCUT2D eigenvalue weighted by Gasteiger charge is 2.16. The summed E-state index contributed by atoms with van der Waals surface area (Å²) in [6, 6.07) is 9.59. The van der Waals surface area contributed by atoms with Crippen LogP contribution in [0.5, 0.6) is 0 Å². The van der Waals surface area contributed by atoms with Crippen molar-refractivity contribution in [1.29, 1.82) is 0 Å². The van der Waals surface area contributed by atoms with Gasteiger partial charge in [-0.3, -0.25) is 9.89 Å². The third-order valence-corrected chi connectivity index (χ3v) is 4.23. The summed E-state index contributed by atoms with van der Waals surface area (Å²) in [6.45, 7) is 4.27. The molecular formula is C18H21N5O2. The third kappa shape index (κ3) is 3.93. The smallest absolute Gasteiger partial charge is 0.246 e. The van der Waals surface area contributed by atoms with E-state index < -0.39 is 0 Å². The van der Waals surface area contributed by atoms with Crippen LogP contribution in [0.4, 0.5) is 0 Å². The van der Waals surface area contributed by atoms with Crippen LogP contribution in [-0.2, 0) is 17.8 Å². The van der Waals surface area contributed by atoms with Crippen LogP contribution in [0, 0.1) is 13.8 Å². The zero-order chi connectivity index (χ0) is 17.8. The predicted octanol–water partition coefficient (Wildman–Crippen LogP) is 2.67. The molecule has 3 aromatic rings. The first-order chi connectivity index (χ1) is 12.0. The summed E-state index contributed by atoms with van der Waals surface area (Å²) in [5.41, 5.74) is 3.97. The molecular weight excluding hydrogens is 318 g/mol. The Labute approximate surface area is 146 Å². The number of aryl methyl sites for hydroxylation is 2. The molecule has 0 fully saturated rings. The molecule has 0 saturated heterocycles. The van der Waals surface area contributed by atoms with Gasteiger partial charge in [-0.15, -0.1) is 0 Å². The molecule has 0 radical (unpaired) electrons. The Morgan fingerprint density at radius 3 is 2.68 bits per heavy atom. The first-order valence-electron chi connectivity index (χ1n) is 8.17. The third-order valence-electron chi connectivity index (χ3n) is 4.23. The molecule has 0 unspecified atom stereocenters. The molecule has 7 nitrogen and oxygen atoms in total. The zero-order valence-electron chi connectivity index (χ0n) is 14.6. The highest BCUT2D eigenvalue weighted by molar-refractivity contribution is 5.76. The summed E-state index contributed by atoms with van der Waals surface area (Å²) in [6.07, 6.45) is 1.000. The van der Waals surface area contributed by atoms with Gasteiger partial charge in [0.05, 0.1) is 12.2 Å². The second-order valence-corrected chi connectivity index (χ2v) is 6.05. The topological polar surface area (TPSA) is 87.9 Å². The number of aromatic amines is 1. The van der Waals surface area contributed by atoms with E-state index in [0.29, 0.717) is 24.6 Å². The minimum atomic E-state index is 0.0134. The van der Waals surface area contributed by atoms with E-state index in [1.165, 1.54) is 0 Å². The lowest BCUT2D eigenvalue weighted by atomic mass is 10.1. The van der Waals surface area contributed by atoms with Crippen LogP contribution >= 0.6 is 0 Å². The predicted molar refractivity (Wildman–Crippen MR) is 92.6 cm³/mol. The summed E-state index contributed by atoms with van der Waals surface area (Å²) in [5, 5.41) is 11.1. The van der Waals surface area contributed by atoms with Gasteiger partial charge in [-0.25, -0.2) is 0 Å². The minimum Gasteiger partial charge on any atom is -0.337 e. The second-order valence-electron chi connectivity index (χ2n) is 6.05. The fraction of sp³-hybridized carbons (Fsp3) is 0.333. The lowest BCUT2D eigenvalue weighted by Gasteiger charge is -2.14. The van der Waals surface area contributed by atoms with Gasteiger partial charge in [-0.05, 0) is 19.4 Å². The highest BCUT2D eigenvalue weighted by atomic mass is 16.5. The Bertz CT molecular complexity index is 853. The quantitative estimate of drug-likeness (QED) is 0.746. The van der Waals surface area contributed by atoms with Gasteiger partial charge in [-0.1, -0.05) is 35.5 Å². The largest absolute Gasteiger partial charge is 0.337 e. The van der Waals surface area contributed by atoms with E-state index in [4.69, 9.17) is 4.52 Å². The van der Waals surface area contributed by atoms with Gasteiger partial charge in [0.15, 0.2) is 0 Å². The number of hydrogen-bond donors (Lipinski definition) is 1. The van der Waals surface area contributed by atoms with Crippen molar-refractivity contribution in [2.24, 2.45) is 0 Å². The molecule has 2 aromatic heterocycles. The molecule has 0 aliphatic carbocycles. The lowest BCUT2D eigenvalue weighted by molar-refractivity contribution is -0.130. The van der Waals surface area contributed by atoms with E-state index in [-0.39, 0.29) is 12.5 Å². The average molecular weight is 339 g/mol.